The number of carbonyl (C=O) groups is 2. The van der Waals surface area contributed by atoms with Gasteiger partial charge >= 0.3 is 11.9 Å². The highest BCUT2D eigenvalue weighted by atomic mass is 31.2. The topological polar surface area (TPSA) is 111 Å². The quantitative estimate of drug-likeness (QED) is 0.0238. The Labute approximate surface area is 281 Å². The van der Waals surface area contributed by atoms with Crippen molar-refractivity contribution in [3.63, 3.8) is 0 Å². The Kier molecular flexibility index (Phi) is 28.2. The number of allylic oxidation sites excluding steroid dienone is 6. The van der Waals surface area contributed by atoms with Gasteiger partial charge in [-0.25, -0.2) is 0 Å². The number of rotatable bonds is 31. The fraction of sp³-hybridized carbons (Fsp3) is 0.778. The van der Waals surface area contributed by atoms with E-state index in [0.29, 0.717) is 17.4 Å². The van der Waals surface area contributed by atoms with Crippen molar-refractivity contribution in [3.05, 3.63) is 36.5 Å². The van der Waals surface area contributed by atoms with Crippen LogP contribution in [0.3, 0.4) is 0 Å². The summed E-state index contributed by atoms with van der Waals surface area (Å²) in [5, 5.41) is 0. The number of carbonyl (C=O) groups excluding carboxylic acids is 2. The van der Waals surface area contributed by atoms with Crippen LogP contribution in [0.4, 0.5) is 0 Å². The molecule has 0 aromatic heterocycles. The Morgan fingerprint density at radius 1 is 0.696 bits per heavy atom. The Bertz CT molecular complexity index is 897. The van der Waals surface area contributed by atoms with Crippen LogP contribution in [-0.2, 0) is 32.7 Å². The second-order valence-corrected chi connectivity index (χ2v) is 14.3. The third-order valence-electron chi connectivity index (χ3n) is 7.17. The number of likely N-dealkylation sites (N-methyl/N-ethyl adjacent to an activating group) is 1. The molecule has 2 atom stereocenters. The van der Waals surface area contributed by atoms with E-state index in [9.17, 15) is 19.0 Å². The zero-order valence-electron chi connectivity index (χ0n) is 29.8. The summed E-state index contributed by atoms with van der Waals surface area (Å²) in [5.41, 5.74) is 0. The van der Waals surface area contributed by atoms with E-state index in [4.69, 9.17) is 18.5 Å². The van der Waals surface area contributed by atoms with Gasteiger partial charge in [-0.05, 0) is 44.9 Å². The average molecular weight is 672 g/mol. The maximum absolute atomic E-state index is 12.5. The van der Waals surface area contributed by atoms with Crippen LogP contribution in [0, 0.1) is 0 Å². The molecule has 0 aromatic rings. The van der Waals surface area contributed by atoms with Gasteiger partial charge in [-0.15, -0.1) is 0 Å². The molecule has 0 aliphatic carbocycles. The molecule has 268 valence electrons. The number of quaternary nitrogens is 1. The van der Waals surface area contributed by atoms with Crippen molar-refractivity contribution >= 4 is 19.8 Å². The molecule has 0 radical (unpaired) electrons. The van der Waals surface area contributed by atoms with Crippen molar-refractivity contribution in [2.75, 3.05) is 47.5 Å². The van der Waals surface area contributed by atoms with E-state index in [-0.39, 0.29) is 26.1 Å². The molecule has 9 nitrogen and oxygen atoms in total. The molecule has 0 rings (SSSR count). The first-order chi connectivity index (χ1) is 22.0. The molecule has 0 fully saturated rings. The monoisotopic (exact) mass is 671 g/mol. The molecule has 0 spiro atoms. The third-order valence-corrected chi connectivity index (χ3v) is 8.14. The third kappa shape index (κ3) is 32.2. The van der Waals surface area contributed by atoms with E-state index in [1.54, 1.807) is 0 Å². The van der Waals surface area contributed by atoms with Gasteiger partial charge in [0.05, 0.1) is 27.7 Å². The first kappa shape index (κ1) is 44.2. The number of hydrogen-bond donors (Lipinski definition) is 0. The van der Waals surface area contributed by atoms with Crippen molar-refractivity contribution in [1.29, 1.82) is 0 Å². The molecule has 0 aromatic carbocycles. The lowest BCUT2D eigenvalue weighted by molar-refractivity contribution is -0.870. The molecular formula is C36H66NO8P. The highest BCUT2D eigenvalue weighted by molar-refractivity contribution is 7.45. The summed E-state index contributed by atoms with van der Waals surface area (Å²) in [6.45, 7) is 3.98. The molecule has 0 aliphatic heterocycles. The number of esters is 2. The van der Waals surface area contributed by atoms with Gasteiger partial charge in [0.1, 0.15) is 19.8 Å². The number of phosphoric acid groups is 1. The Hall–Kier alpha value is -1.77. The minimum Gasteiger partial charge on any atom is -0.756 e. The molecule has 0 N–H and O–H groups in total. The zero-order chi connectivity index (χ0) is 34.4. The zero-order valence-corrected chi connectivity index (χ0v) is 30.7. The van der Waals surface area contributed by atoms with Crippen LogP contribution in [0.25, 0.3) is 0 Å². The van der Waals surface area contributed by atoms with Crippen LogP contribution in [0.5, 0.6) is 0 Å². The second kappa shape index (κ2) is 29.4. The Morgan fingerprint density at radius 2 is 1.24 bits per heavy atom. The van der Waals surface area contributed by atoms with Crippen molar-refractivity contribution in [2.24, 2.45) is 0 Å². The molecule has 0 saturated heterocycles. The maximum atomic E-state index is 12.5. The molecular weight excluding hydrogens is 605 g/mol. The van der Waals surface area contributed by atoms with E-state index < -0.39 is 32.5 Å². The van der Waals surface area contributed by atoms with Crippen molar-refractivity contribution in [3.8, 4) is 0 Å². The maximum Gasteiger partial charge on any atom is 0.306 e. The summed E-state index contributed by atoms with van der Waals surface area (Å²) in [5.74, 6) is -0.865. The molecule has 10 heteroatoms. The van der Waals surface area contributed by atoms with E-state index in [0.717, 1.165) is 77.0 Å². The lowest BCUT2D eigenvalue weighted by atomic mass is 10.1. The first-order valence-corrected chi connectivity index (χ1v) is 19.2. The molecule has 0 amide bonds. The van der Waals surface area contributed by atoms with Gasteiger partial charge in [-0.2, -0.15) is 0 Å². The van der Waals surface area contributed by atoms with Crippen LogP contribution in [0.15, 0.2) is 36.5 Å². The summed E-state index contributed by atoms with van der Waals surface area (Å²) in [4.78, 5) is 37.0. The first-order valence-electron chi connectivity index (χ1n) is 17.7. The number of nitrogens with zero attached hydrogens (tertiary/aromatic N) is 1. The van der Waals surface area contributed by atoms with Gasteiger partial charge in [0.15, 0.2) is 6.10 Å². The predicted molar refractivity (Wildman–Crippen MR) is 185 cm³/mol. The smallest absolute Gasteiger partial charge is 0.306 e. The SMILES string of the molecule is CC/C=C\C/C=C\C/C=C\CCCCCCCCCC(=O)OC(COC(=O)CCCCCCC)COP(=O)([O-])OCC[N+](C)(C)C. The van der Waals surface area contributed by atoms with E-state index in [2.05, 4.69) is 50.3 Å². The molecule has 0 aliphatic rings. The summed E-state index contributed by atoms with van der Waals surface area (Å²) >= 11 is 0. The van der Waals surface area contributed by atoms with Crippen LogP contribution >= 0.6 is 7.82 Å². The van der Waals surface area contributed by atoms with Gasteiger partial charge in [0.25, 0.3) is 7.82 Å². The summed E-state index contributed by atoms with van der Waals surface area (Å²) in [6.07, 6.45) is 29.3. The molecule has 2 unspecified atom stereocenters. The van der Waals surface area contributed by atoms with Crippen molar-refractivity contribution in [1.82, 2.24) is 0 Å². The van der Waals surface area contributed by atoms with Crippen LogP contribution in [0.1, 0.15) is 129 Å². The number of hydrogen-bond acceptors (Lipinski definition) is 8. The Morgan fingerprint density at radius 3 is 1.85 bits per heavy atom. The largest absolute Gasteiger partial charge is 0.756 e. The highest BCUT2D eigenvalue weighted by Crippen LogP contribution is 2.38. The molecule has 46 heavy (non-hydrogen) atoms. The summed E-state index contributed by atoms with van der Waals surface area (Å²) in [7, 11) is 1.15. The summed E-state index contributed by atoms with van der Waals surface area (Å²) in [6, 6.07) is 0. The van der Waals surface area contributed by atoms with Crippen molar-refractivity contribution < 1.29 is 42.1 Å². The molecule has 0 heterocycles. The fourth-order valence-corrected chi connectivity index (χ4v) is 5.10. The van der Waals surface area contributed by atoms with Crippen LogP contribution in [0.2, 0.25) is 0 Å². The Balaban J connectivity index is 4.35. The standard InChI is InChI=1S/C36H66NO8P/c1-6-8-10-12-13-14-15-16-17-18-19-20-21-22-23-25-27-29-36(39)45-34(32-42-35(38)28-26-24-11-9-7-2)33-44-46(40,41)43-31-30-37(3,4)5/h8,10,13-14,16-17,34H,6-7,9,11-12,15,18-33H2,1-5H3/b10-8-,14-13-,17-16-. The number of phosphoric ester groups is 1. The summed E-state index contributed by atoms with van der Waals surface area (Å²) < 4.78 is 33.5. The average Bonchev–Trinajstić information content (AvgIpc) is 2.99. The van der Waals surface area contributed by atoms with Gasteiger partial charge in [0.2, 0.25) is 0 Å². The minimum absolute atomic E-state index is 0.0335. The lowest BCUT2D eigenvalue weighted by Gasteiger charge is -2.28. The van der Waals surface area contributed by atoms with Gasteiger partial charge in [0, 0.05) is 12.8 Å². The van der Waals surface area contributed by atoms with E-state index in [1.807, 2.05) is 21.1 Å². The van der Waals surface area contributed by atoms with Gasteiger partial charge < -0.3 is 27.9 Å². The van der Waals surface area contributed by atoms with E-state index >= 15 is 0 Å². The predicted octanol–water partition coefficient (Wildman–Crippen LogP) is 8.38. The normalized spacial score (nSPS) is 14.3. The minimum atomic E-state index is -4.61. The fourth-order valence-electron chi connectivity index (χ4n) is 4.37. The van der Waals surface area contributed by atoms with Crippen molar-refractivity contribution in [2.45, 2.75) is 136 Å². The second-order valence-electron chi connectivity index (χ2n) is 12.9. The number of unbranched alkanes of at least 4 members (excludes halogenated alkanes) is 11. The lowest BCUT2D eigenvalue weighted by Crippen LogP contribution is -2.37. The molecule has 0 saturated carbocycles. The van der Waals surface area contributed by atoms with Gasteiger partial charge in [-0.3, -0.25) is 14.2 Å². The highest BCUT2D eigenvalue weighted by Gasteiger charge is 2.21. The molecule has 0 bridgehead atoms. The van der Waals surface area contributed by atoms with Crippen LogP contribution in [-0.4, -0.2) is 70.0 Å². The number of ether oxygens (including phenoxy) is 2. The van der Waals surface area contributed by atoms with Gasteiger partial charge in [-0.1, -0.05) is 108 Å². The van der Waals surface area contributed by atoms with Crippen LogP contribution < -0.4 is 4.89 Å². The van der Waals surface area contributed by atoms with E-state index in [1.165, 1.54) is 19.3 Å².